The summed E-state index contributed by atoms with van der Waals surface area (Å²) in [6.45, 7) is 5.91. The van der Waals surface area contributed by atoms with Crippen LogP contribution in [0.2, 0.25) is 0 Å². The third kappa shape index (κ3) is 4.74. The van der Waals surface area contributed by atoms with Crippen molar-refractivity contribution in [3.05, 3.63) is 29.8 Å². The molecule has 1 fully saturated rings. The van der Waals surface area contributed by atoms with Crippen LogP contribution in [0.4, 0.5) is 0 Å². The van der Waals surface area contributed by atoms with E-state index in [4.69, 9.17) is 4.74 Å². The second kappa shape index (κ2) is 7.46. The zero-order chi connectivity index (χ0) is 15.2. The number of ether oxygens (including phenoxy) is 1. The number of amides is 1. The fourth-order valence-electron chi connectivity index (χ4n) is 2.92. The van der Waals surface area contributed by atoms with Crippen molar-refractivity contribution in [2.45, 2.75) is 45.2 Å². The molecule has 1 N–H and O–H groups in total. The third-order valence-corrected chi connectivity index (χ3v) is 3.93. The average Bonchev–Trinajstić information content (AvgIpc) is 2.47. The van der Waals surface area contributed by atoms with Gasteiger partial charge in [0.2, 0.25) is 5.91 Å². The molecular formula is C17H26N2O2. The molecule has 0 spiro atoms. The molecule has 4 nitrogen and oxygen atoms in total. The lowest BCUT2D eigenvalue weighted by Crippen LogP contribution is -2.55. The van der Waals surface area contributed by atoms with Crippen molar-refractivity contribution in [3.8, 4) is 5.75 Å². The molecule has 0 aliphatic carbocycles. The van der Waals surface area contributed by atoms with E-state index in [0.717, 1.165) is 31.7 Å². The SMILES string of the molecule is COc1ccc(CCCC(=O)N2C[C@H](C)N[C@@H](C)C2)cc1. The second-order valence-electron chi connectivity index (χ2n) is 5.97. The predicted octanol–water partition coefficient (Wildman–Crippen LogP) is 2.23. The molecule has 0 saturated carbocycles. The van der Waals surface area contributed by atoms with Gasteiger partial charge in [-0.25, -0.2) is 0 Å². The molecule has 1 heterocycles. The first-order valence-electron chi connectivity index (χ1n) is 7.75. The maximum absolute atomic E-state index is 12.3. The van der Waals surface area contributed by atoms with Crippen LogP contribution in [0.3, 0.4) is 0 Å². The quantitative estimate of drug-likeness (QED) is 0.904. The molecule has 0 bridgehead atoms. The molecular weight excluding hydrogens is 264 g/mol. The van der Waals surface area contributed by atoms with Gasteiger partial charge < -0.3 is 15.0 Å². The summed E-state index contributed by atoms with van der Waals surface area (Å²) in [5.74, 6) is 1.15. The van der Waals surface area contributed by atoms with Gasteiger partial charge in [-0.1, -0.05) is 12.1 Å². The Kier molecular flexibility index (Phi) is 5.62. The van der Waals surface area contributed by atoms with Crippen LogP contribution in [0.5, 0.6) is 5.75 Å². The zero-order valence-corrected chi connectivity index (χ0v) is 13.3. The lowest BCUT2D eigenvalue weighted by molar-refractivity contribution is -0.133. The van der Waals surface area contributed by atoms with E-state index in [1.54, 1.807) is 7.11 Å². The highest BCUT2D eigenvalue weighted by Crippen LogP contribution is 2.14. The molecule has 1 amide bonds. The minimum Gasteiger partial charge on any atom is -0.497 e. The standard InChI is InChI=1S/C17H26N2O2/c1-13-11-19(12-14(2)18-13)17(20)6-4-5-15-7-9-16(21-3)10-8-15/h7-10,13-14,18H,4-6,11-12H2,1-3H3/t13-,14-/m0/s1. The molecule has 2 rings (SSSR count). The Morgan fingerprint density at radius 1 is 1.24 bits per heavy atom. The van der Waals surface area contributed by atoms with Gasteiger partial charge in [-0.2, -0.15) is 0 Å². The molecule has 2 atom stereocenters. The number of benzene rings is 1. The molecule has 1 saturated heterocycles. The van der Waals surface area contributed by atoms with Crippen molar-refractivity contribution in [1.82, 2.24) is 10.2 Å². The number of nitrogens with one attached hydrogen (secondary N) is 1. The van der Waals surface area contributed by atoms with Crippen molar-refractivity contribution >= 4 is 5.91 Å². The highest BCUT2D eigenvalue weighted by atomic mass is 16.5. The summed E-state index contributed by atoms with van der Waals surface area (Å²) in [5, 5.41) is 3.45. The summed E-state index contributed by atoms with van der Waals surface area (Å²) in [4.78, 5) is 14.3. The summed E-state index contributed by atoms with van der Waals surface area (Å²) in [5.41, 5.74) is 1.26. The third-order valence-electron chi connectivity index (χ3n) is 3.93. The van der Waals surface area contributed by atoms with Gasteiger partial charge in [0.15, 0.2) is 0 Å². The number of nitrogens with zero attached hydrogens (tertiary/aromatic N) is 1. The number of piperazine rings is 1. The molecule has 0 aromatic heterocycles. The summed E-state index contributed by atoms with van der Waals surface area (Å²) in [6, 6.07) is 8.85. The number of methoxy groups -OCH3 is 1. The monoisotopic (exact) mass is 290 g/mol. The molecule has 4 heteroatoms. The van der Waals surface area contributed by atoms with Gasteiger partial charge in [-0.15, -0.1) is 0 Å². The Bertz CT molecular complexity index is 448. The van der Waals surface area contributed by atoms with E-state index in [1.807, 2.05) is 17.0 Å². The topological polar surface area (TPSA) is 41.6 Å². The first-order valence-corrected chi connectivity index (χ1v) is 7.75. The number of aryl methyl sites for hydroxylation is 1. The second-order valence-corrected chi connectivity index (χ2v) is 5.97. The fraction of sp³-hybridized carbons (Fsp3) is 0.588. The van der Waals surface area contributed by atoms with Gasteiger partial charge >= 0.3 is 0 Å². The molecule has 21 heavy (non-hydrogen) atoms. The first-order chi connectivity index (χ1) is 10.1. The van der Waals surface area contributed by atoms with Crippen LogP contribution in [-0.2, 0) is 11.2 Å². The van der Waals surface area contributed by atoms with Gasteiger partial charge in [0.05, 0.1) is 7.11 Å². The van der Waals surface area contributed by atoms with Crippen LogP contribution in [0.25, 0.3) is 0 Å². The molecule has 0 unspecified atom stereocenters. The predicted molar refractivity (Wildman–Crippen MR) is 84.6 cm³/mol. The largest absolute Gasteiger partial charge is 0.497 e. The lowest BCUT2D eigenvalue weighted by atomic mass is 10.1. The molecule has 1 aromatic rings. The number of rotatable bonds is 5. The van der Waals surface area contributed by atoms with E-state index < -0.39 is 0 Å². The number of hydrogen-bond donors (Lipinski definition) is 1. The Balaban J connectivity index is 1.75. The normalized spacial score (nSPS) is 22.1. The van der Waals surface area contributed by atoms with Crippen molar-refractivity contribution in [2.24, 2.45) is 0 Å². The summed E-state index contributed by atoms with van der Waals surface area (Å²) >= 11 is 0. The number of hydrogen-bond acceptors (Lipinski definition) is 3. The van der Waals surface area contributed by atoms with E-state index >= 15 is 0 Å². The average molecular weight is 290 g/mol. The summed E-state index contributed by atoms with van der Waals surface area (Å²) in [6.07, 6.45) is 2.47. The van der Waals surface area contributed by atoms with Crippen LogP contribution in [-0.4, -0.2) is 43.1 Å². The van der Waals surface area contributed by atoms with Gasteiger partial charge in [0.25, 0.3) is 0 Å². The van der Waals surface area contributed by atoms with E-state index in [1.165, 1.54) is 5.56 Å². The van der Waals surface area contributed by atoms with Crippen LogP contribution >= 0.6 is 0 Å². The lowest BCUT2D eigenvalue weighted by Gasteiger charge is -2.36. The van der Waals surface area contributed by atoms with Gasteiger partial charge in [0.1, 0.15) is 5.75 Å². The van der Waals surface area contributed by atoms with Crippen molar-refractivity contribution in [3.63, 3.8) is 0 Å². The van der Waals surface area contributed by atoms with Crippen molar-refractivity contribution in [2.75, 3.05) is 20.2 Å². The van der Waals surface area contributed by atoms with Crippen LogP contribution in [0, 0.1) is 0 Å². The highest BCUT2D eigenvalue weighted by molar-refractivity contribution is 5.76. The van der Waals surface area contributed by atoms with Crippen molar-refractivity contribution in [1.29, 1.82) is 0 Å². The minimum atomic E-state index is 0.281. The molecule has 1 aromatic carbocycles. The number of carbonyl (C=O) groups is 1. The van der Waals surface area contributed by atoms with Gasteiger partial charge in [0, 0.05) is 31.6 Å². The Morgan fingerprint density at radius 2 is 1.86 bits per heavy atom. The zero-order valence-electron chi connectivity index (χ0n) is 13.3. The summed E-state index contributed by atoms with van der Waals surface area (Å²) < 4.78 is 5.14. The molecule has 116 valence electrons. The number of carbonyl (C=O) groups excluding carboxylic acids is 1. The summed E-state index contributed by atoms with van der Waals surface area (Å²) in [7, 11) is 1.67. The Hall–Kier alpha value is -1.55. The Morgan fingerprint density at radius 3 is 2.43 bits per heavy atom. The fourth-order valence-corrected chi connectivity index (χ4v) is 2.92. The van der Waals surface area contributed by atoms with Crippen LogP contribution in [0.1, 0.15) is 32.3 Å². The van der Waals surface area contributed by atoms with E-state index in [2.05, 4.69) is 31.3 Å². The maximum Gasteiger partial charge on any atom is 0.222 e. The maximum atomic E-state index is 12.3. The molecule has 0 radical (unpaired) electrons. The van der Waals surface area contributed by atoms with Crippen LogP contribution in [0.15, 0.2) is 24.3 Å². The van der Waals surface area contributed by atoms with Gasteiger partial charge in [-0.05, 0) is 44.4 Å². The smallest absolute Gasteiger partial charge is 0.222 e. The minimum absolute atomic E-state index is 0.281. The van der Waals surface area contributed by atoms with E-state index in [9.17, 15) is 4.79 Å². The first kappa shape index (κ1) is 15.8. The van der Waals surface area contributed by atoms with Crippen molar-refractivity contribution < 1.29 is 9.53 Å². The van der Waals surface area contributed by atoms with E-state index in [0.29, 0.717) is 18.5 Å². The van der Waals surface area contributed by atoms with E-state index in [-0.39, 0.29) is 5.91 Å². The Labute approximate surface area is 127 Å². The van der Waals surface area contributed by atoms with Crippen LogP contribution < -0.4 is 10.1 Å². The molecule has 1 aliphatic heterocycles. The highest BCUT2D eigenvalue weighted by Gasteiger charge is 2.24. The molecule has 1 aliphatic rings. The van der Waals surface area contributed by atoms with Gasteiger partial charge in [-0.3, -0.25) is 4.79 Å².